The highest BCUT2D eigenvalue weighted by atomic mass is 32.2. The van der Waals surface area contributed by atoms with E-state index in [1.807, 2.05) is 19.9 Å². The second-order valence-corrected chi connectivity index (χ2v) is 10.2. The van der Waals surface area contributed by atoms with E-state index < -0.39 is 16.1 Å². The van der Waals surface area contributed by atoms with Crippen LogP contribution in [0.3, 0.4) is 0 Å². The lowest BCUT2D eigenvalue weighted by molar-refractivity contribution is -0.128. The molecule has 1 N–H and O–H groups in total. The van der Waals surface area contributed by atoms with Gasteiger partial charge in [-0.3, -0.25) is 9.10 Å². The van der Waals surface area contributed by atoms with Gasteiger partial charge in [0, 0.05) is 0 Å². The first-order valence-corrected chi connectivity index (χ1v) is 12.2. The molecule has 160 valence electrons. The normalized spacial score (nSPS) is 19.3. The molecule has 2 unspecified atom stereocenters. The maximum Gasteiger partial charge on any atom is 0.263 e. The predicted octanol–water partition coefficient (Wildman–Crippen LogP) is 3.28. The summed E-state index contributed by atoms with van der Waals surface area (Å²) >= 11 is 0. The lowest BCUT2D eigenvalue weighted by Gasteiger charge is -2.34. The standard InChI is InChI=1S/C23H28N2O4S/c1-15-8-11-20-21(12-15)29-22(14-25(20)30(3,27)28)23(26)24-16(2)18-10-9-17-6-4-5-7-19(17)13-18/h8-13,16,22H,4-7,14H2,1-3H3,(H,24,26). The largest absolute Gasteiger partial charge is 0.476 e. The van der Waals surface area contributed by atoms with Crippen molar-refractivity contribution >= 4 is 21.6 Å². The number of hydrogen-bond donors (Lipinski definition) is 1. The number of fused-ring (bicyclic) bond motifs is 2. The minimum Gasteiger partial charge on any atom is -0.476 e. The van der Waals surface area contributed by atoms with Crippen molar-refractivity contribution in [2.75, 3.05) is 17.1 Å². The molecule has 1 amide bonds. The van der Waals surface area contributed by atoms with Crippen LogP contribution in [0.5, 0.6) is 5.75 Å². The number of aryl methyl sites for hydroxylation is 3. The first-order valence-electron chi connectivity index (χ1n) is 10.4. The van der Waals surface area contributed by atoms with E-state index in [-0.39, 0.29) is 18.5 Å². The van der Waals surface area contributed by atoms with Gasteiger partial charge in [-0.25, -0.2) is 8.42 Å². The summed E-state index contributed by atoms with van der Waals surface area (Å²) in [7, 11) is -3.54. The van der Waals surface area contributed by atoms with Gasteiger partial charge in [-0.05, 0) is 73.9 Å². The molecule has 0 saturated carbocycles. The van der Waals surface area contributed by atoms with Crippen LogP contribution in [0.15, 0.2) is 36.4 Å². The van der Waals surface area contributed by atoms with E-state index in [4.69, 9.17) is 4.74 Å². The number of hydrogen-bond acceptors (Lipinski definition) is 4. The molecule has 2 aromatic carbocycles. The molecule has 0 saturated heterocycles. The SMILES string of the molecule is Cc1ccc2c(c1)OC(C(=O)NC(C)c1ccc3c(c1)CCCC3)CN2S(C)(=O)=O. The average molecular weight is 429 g/mol. The maximum absolute atomic E-state index is 13.0. The van der Waals surface area contributed by atoms with Crippen molar-refractivity contribution in [2.24, 2.45) is 0 Å². The van der Waals surface area contributed by atoms with E-state index in [9.17, 15) is 13.2 Å². The Morgan fingerprint density at radius 1 is 1.13 bits per heavy atom. The van der Waals surface area contributed by atoms with Crippen LogP contribution in [0, 0.1) is 6.92 Å². The summed E-state index contributed by atoms with van der Waals surface area (Å²) in [5, 5.41) is 3.00. The van der Waals surface area contributed by atoms with Crippen molar-refractivity contribution in [1.29, 1.82) is 0 Å². The third-order valence-electron chi connectivity index (χ3n) is 5.91. The van der Waals surface area contributed by atoms with Crippen LogP contribution in [0.1, 0.15) is 48.1 Å². The molecular weight excluding hydrogens is 400 g/mol. The van der Waals surface area contributed by atoms with Crippen molar-refractivity contribution in [3.05, 3.63) is 58.7 Å². The highest BCUT2D eigenvalue weighted by molar-refractivity contribution is 7.92. The number of amides is 1. The van der Waals surface area contributed by atoms with Crippen molar-refractivity contribution in [3.8, 4) is 5.75 Å². The Labute approximate surface area is 178 Å². The number of carbonyl (C=O) groups excluding carboxylic acids is 1. The van der Waals surface area contributed by atoms with Gasteiger partial charge in [0.1, 0.15) is 5.75 Å². The molecule has 1 aliphatic carbocycles. The molecule has 2 aromatic rings. The molecule has 0 spiro atoms. The van der Waals surface area contributed by atoms with E-state index in [0.29, 0.717) is 11.4 Å². The summed E-state index contributed by atoms with van der Waals surface area (Å²) < 4.78 is 31.8. The van der Waals surface area contributed by atoms with Gasteiger partial charge < -0.3 is 10.1 Å². The average Bonchev–Trinajstić information content (AvgIpc) is 2.71. The molecule has 0 aromatic heterocycles. The number of sulfonamides is 1. The molecule has 0 fully saturated rings. The van der Waals surface area contributed by atoms with E-state index in [2.05, 4.69) is 23.5 Å². The zero-order valence-corrected chi connectivity index (χ0v) is 18.5. The Morgan fingerprint density at radius 3 is 2.60 bits per heavy atom. The van der Waals surface area contributed by atoms with Gasteiger partial charge in [0.2, 0.25) is 10.0 Å². The summed E-state index contributed by atoms with van der Waals surface area (Å²) in [5.41, 5.74) is 5.22. The Kier molecular flexibility index (Phi) is 5.49. The van der Waals surface area contributed by atoms with E-state index in [1.165, 1.54) is 28.3 Å². The van der Waals surface area contributed by atoms with Crippen molar-refractivity contribution in [3.63, 3.8) is 0 Å². The summed E-state index contributed by atoms with van der Waals surface area (Å²) in [4.78, 5) is 13.0. The van der Waals surface area contributed by atoms with E-state index >= 15 is 0 Å². The van der Waals surface area contributed by atoms with Gasteiger partial charge in [-0.1, -0.05) is 24.3 Å². The summed E-state index contributed by atoms with van der Waals surface area (Å²) in [5.74, 6) is 0.0919. The zero-order chi connectivity index (χ0) is 21.5. The Balaban J connectivity index is 1.53. The molecule has 0 bridgehead atoms. The molecule has 2 aliphatic rings. The van der Waals surface area contributed by atoms with Crippen LogP contribution in [0.4, 0.5) is 5.69 Å². The minimum atomic E-state index is -3.54. The summed E-state index contributed by atoms with van der Waals surface area (Å²) in [6.45, 7) is 3.80. The van der Waals surface area contributed by atoms with Crippen molar-refractivity contribution < 1.29 is 17.9 Å². The third kappa shape index (κ3) is 4.17. The van der Waals surface area contributed by atoms with Gasteiger partial charge in [-0.2, -0.15) is 0 Å². The molecule has 7 heteroatoms. The molecular formula is C23H28N2O4S. The second kappa shape index (κ2) is 7.95. The summed E-state index contributed by atoms with van der Waals surface area (Å²) in [6, 6.07) is 11.5. The molecule has 30 heavy (non-hydrogen) atoms. The van der Waals surface area contributed by atoms with E-state index in [1.54, 1.807) is 12.1 Å². The number of ether oxygens (including phenoxy) is 1. The Bertz CT molecular complexity index is 1080. The molecule has 4 rings (SSSR count). The summed E-state index contributed by atoms with van der Waals surface area (Å²) in [6.07, 6.45) is 4.87. The highest BCUT2D eigenvalue weighted by Gasteiger charge is 2.35. The monoisotopic (exact) mass is 428 g/mol. The number of rotatable bonds is 4. The third-order valence-corrected chi connectivity index (χ3v) is 7.06. The number of carbonyl (C=O) groups is 1. The zero-order valence-electron chi connectivity index (χ0n) is 17.6. The molecule has 0 radical (unpaired) electrons. The van der Waals surface area contributed by atoms with Crippen LogP contribution < -0.4 is 14.4 Å². The number of nitrogens with zero attached hydrogens (tertiary/aromatic N) is 1. The van der Waals surface area contributed by atoms with Crippen LogP contribution in [-0.2, 0) is 27.7 Å². The number of nitrogens with one attached hydrogen (secondary N) is 1. The fraction of sp³-hybridized carbons (Fsp3) is 0.435. The first kappa shape index (κ1) is 20.7. The van der Waals surface area contributed by atoms with Crippen molar-refractivity contribution in [2.45, 2.75) is 51.7 Å². The van der Waals surface area contributed by atoms with Gasteiger partial charge in [0.05, 0.1) is 24.5 Å². The Morgan fingerprint density at radius 2 is 1.87 bits per heavy atom. The number of anilines is 1. The molecule has 1 heterocycles. The molecule has 6 nitrogen and oxygen atoms in total. The predicted molar refractivity (Wildman–Crippen MR) is 117 cm³/mol. The smallest absolute Gasteiger partial charge is 0.263 e. The van der Waals surface area contributed by atoms with E-state index in [0.717, 1.165) is 30.2 Å². The topological polar surface area (TPSA) is 75.7 Å². The molecule has 1 aliphatic heterocycles. The van der Waals surface area contributed by atoms with Gasteiger partial charge in [0.25, 0.3) is 5.91 Å². The Hall–Kier alpha value is -2.54. The molecule has 2 atom stereocenters. The van der Waals surface area contributed by atoms with Gasteiger partial charge in [-0.15, -0.1) is 0 Å². The lowest BCUT2D eigenvalue weighted by Crippen LogP contribution is -2.50. The quantitative estimate of drug-likeness (QED) is 0.811. The van der Waals surface area contributed by atoms with Crippen molar-refractivity contribution in [1.82, 2.24) is 5.32 Å². The maximum atomic E-state index is 13.0. The fourth-order valence-corrected chi connectivity index (χ4v) is 5.14. The minimum absolute atomic E-state index is 0.0440. The van der Waals surface area contributed by atoms with Crippen LogP contribution in [0.25, 0.3) is 0 Å². The lowest BCUT2D eigenvalue weighted by atomic mass is 9.89. The number of benzene rings is 2. The second-order valence-electron chi connectivity index (χ2n) is 8.34. The fourth-order valence-electron chi connectivity index (χ4n) is 4.22. The van der Waals surface area contributed by atoms with Crippen LogP contribution in [0.2, 0.25) is 0 Å². The highest BCUT2D eigenvalue weighted by Crippen LogP contribution is 2.36. The van der Waals surface area contributed by atoms with Gasteiger partial charge in [0.15, 0.2) is 6.10 Å². The van der Waals surface area contributed by atoms with Crippen LogP contribution >= 0.6 is 0 Å². The van der Waals surface area contributed by atoms with Crippen LogP contribution in [-0.4, -0.2) is 33.2 Å². The van der Waals surface area contributed by atoms with Gasteiger partial charge >= 0.3 is 0 Å². The first-order chi connectivity index (χ1) is 14.2.